The van der Waals surface area contributed by atoms with Crippen molar-refractivity contribution in [3.05, 3.63) is 41.5 Å². The molecule has 3 nitrogen and oxygen atoms in total. The van der Waals surface area contributed by atoms with Crippen LogP contribution >= 0.6 is 0 Å². The first-order valence-corrected chi connectivity index (χ1v) is 7.85. The first-order chi connectivity index (χ1) is 11.0. The highest BCUT2D eigenvalue weighted by atomic mass is 19.4. The molecular weight excluding hydrogens is 305 g/mol. The lowest BCUT2D eigenvalue weighted by Crippen LogP contribution is -2.40. The van der Waals surface area contributed by atoms with E-state index >= 15 is 0 Å². The Bertz CT molecular complexity index is 625. The van der Waals surface area contributed by atoms with Crippen LogP contribution in [-0.4, -0.2) is 36.6 Å². The van der Waals surface area contributed by atoms with E-state index in [1.54, 1.807) is 0 Å². The van der Waals surface area contributed by atoms with Gasteiger partial charge in [0.15, 0.2) is 0 Å². The Kier molecular flexibility index (Phi) is 4.43. The maximum atomic E-state index is 12.8. The summed E-state index contributed by atoms with van der Waals surface area (Å²) in [6, 6.07) is 7.03. The fourth-order valence-corrected chi connectivity index (χ4v) is 3.44. The molecule has 1 atom stereocenters. The van der Waals surface area contributed by atoms with Crippen LogP contribution in [0.5, 0.6) is 0 Å². The van der Waals surface area contributed by atoms with E-state index in [2.05, 4.69) is 11.4 Å². The quantitative estimate of drug-likeness (QED) is 0.905. The monoisotopic (exact) mass is 324 g/mol. The number of rotatable bonds is 2. The summed E-state index contributed by atoms with van der Waals surface area (Å²) in [6.07, 6.45) is -0.721. The number of nitrogens with zero attached hydrogens (tertiary/aromatic N) is 1. The smallest absolute Gasteiger partial charge is 0.328 e. The predicted molar refractivity (Wildman–Crippen MR) is 81.6 cm³/mol. The third kappa shape index (κ3) is 3.27. The molecule has 0 saturated carbocycles. The molecule has 0 aromatic heterocycles. The van der Waals surface area contributed by atoms with E-state index in [1.165, 1.54) is 0 Å². The Morgan fingerprint density at radius 1 is 1.26 bits per heavy atom. The van der Waals surface area contributed by atoms with Crippen LogP contribution < -0.4 is 5.32 Å². The number of alkyl halides is 3. The van der Waals surface area contributed by atoms with Crippen molar-refractivity contribution >= 4 is 11.5 Å². The molecule has 3 rings (SSSR count). The molecule has 1 N–H and O–H groups in total. The van der Waals surface area contributed by atoms with E-state index in [0.29, 0.717) is 12.8 Å². The summed E-state index contributed by atoms with van der Waals surface area (Å²) in [6.45, 7) is 1.79. The normalized spacial score (nSPS) is 22.1. The van der Waals surface area contributed by atoms with E-state index in [9.17, 15) is 18.0 Å². The highest BCUT2D eigenvalue weighted by Crippen LogP contribution is 2.39. The second-order valence-electron chi connectivity index (χ2n) is 5.93. The van der Waals surface area contributed by atoms with Gasteiger partial charge in [0.25, 0.3) is 0 Å². The van der Waals surface area contributed by atoms with Crippen LogP contribution in [-0.2, 0) is 4.79 Å². The molecular formula is C17H19F3N2O. The summed E-state index contributed by atoms with van der Waals surface area (Å²) in [5.74, 6) is -1.73. The van der Waals surface area contributed by atoms with E-state index in [-0.39, 0.29) is 6.54 Å². The molecule has 0 aliphatic carbocycles. The lowest BCUT2D eigenvalue weighted by molar-refractivity contribution is -0.186. The fraction of sp³-hybridized carbons (Fsp3) is 0.471. The summed E-state index contributed by atoms with van der Waals surface area (Å²) in [5, 5.41) is 3.23. The number of benzene rings is 1. The minimum atomic E-state index is -4.81. The molecule has 0 spiro atoms. The summed E-state index contributed by atoms with van der Waals surface area (Å²) in [5.41, 5.74) is 2.95. The van der Waals surface area contributed by atoms with Crippen molar-refractivity contribution in [2.24, 2.45) is 0 Å². The molecule has 6 heteroatoms. The highest BCUT2D eigenvalue weighted by Gasteiger charge is 2.46. The Morgan fingerprint density at radius 3 is 2.74 bits per heavy atom. The molecule has 0 radical (unpaired) electrons. The largest absolute Gasteiger partial charge is 0.471 e. The van der Waals surface area contributed by atoms with Crippen LogP contribution in [0.2, 0.25) is 0 Å². The number of hydrogen-bond donors (Lipinski definition) is 1. The van der Waals surface area contributed by atoms with Gasteiger partial charge in [-0.05, 0) is 42.5 Å². The van der Waals surface area contributed by atoms with Gasteiger partial charge in [0.05, 0.1) is 6.04 Å². The van der Waals surface area contributed by atoms with Gasteiger partial charge in [-0.15, -0.1) is 0 Å². The second kappa shape index (κ2) is 6.35. The molecule has 2 heterocycles. The van der Waals surface area contributed by atoms with Gasteiger partial charge >= 0.3 is 12.1 Å². The maximum Gasteiger partial charge on any atom is 0.471 e. The van der Waals surface area contributed by atoms with Crippen molar-refractivity contribution < 1.29 is 18.0 Å². The summed E-state index contributed by atoms with van der Waals surface area (Å²) in [7, 11) is 0. The molecule has 2 aliphatic rings. The first-order valence-electron chi connectivity index (χ1n) is 7.85. The van der Waals surface area contributed by atoms with E-state index in [1.807, 2.05) is 24.3 Å². The Hall–Kier alpha value is -1.82. The average Bonchev–Trinajstić information content (AvgIpc) is 3.03. The van der Waals surface area contributed by atoms with Crippen molar-refractivity contribution in [2.45, 2.75) is 31.5 Å². The molecule has 1 fully saturated rings. The Labute approximate surface area is 133 Å². The number of hydrogen-bond acceptors (Lipinski definition) is 2. The zero-order valence-electron chi connectivity index (χ0n) is 12.7. The molecule has 2 aliphatic heterocycles. The van der Waals surface area contributed by atoms with Gasteiger partial charge in [-0.1, -0.05) is 30.3 Å². The molecule has 0 bridgehead atoms. The molecule has 23 heavy (non-hydrogen) atoms. The van der Waals surface area contributed by atoms with Crippen LogP contribution in [0.25, 0.3) is 5.57 Å². The van der Waals surface area contributed by atoms with Crippen molar-refractivity contribution in [1.82, 2.24) is 10.2 Å². The van der Waals surface area contributed by atoms with Gasteiger partial charge in [-0.2, -0.15) is 13.2 Å². The van der Waals surface area contributed by atoms with Gasteiger partial charge in [0, 0.05) is 13.1 Å². The number of nitrogens with one attached hydrogen (secondary N) is 1. The molecule has 1 aromatic carbocycles. The average molecular weight is 324 g/mol. The number of likely N-dealkylation sites (tertiary alicyclic amines) is 1. The standard InChI is InChI=1S/C17H19F3N2O/c18-17(19,20)16(23)22-11-3-6-15(22)14-5-2-1-4-13(14)12-7-9-21-10-8-12/h1-2,4-5,7,15,21H,3,6,8-11H2. The Balaban J connectivity index is 1.95. The maximum absolute atomic E-state index is 12.8. The fourth-order valence-electron chi connectivity index (χ4n) is 3.44. The summed E-state index contributed by atoms with van der Waals surface area (Å²) < 4.78 is 38.5. The van der Waals surface area contributed by atoms with Crippen LogP contribution in [0.1, 0.15) is 36.4 Å². The van der Waals surface area contributed by atoms with Gasteiger partial charge in [0.2, 0.25) is 0 Å². The summed E-state index contributed by atoms with van der Waals surface area (Å²) >= 11 is 0. The molecule has 1 amide bonds. The lowest BCUT2D eigenvalue weighted by atomic mass is 9.91. The molecule has 1 saturated heterocycles. The zero-order valence-corrected chi connectivity index (χ0v) is 12.7. The summed E-state index contributed by atoms with van der Waals surface area (Å²) in [4.78, 5) is 12.7. The minimum Gasteiger partial charge on any atom is -0.328 e. The minimum absolute atomic E-state index is 0.165. The van der Waals surface area contributed by atoms with E-state index in [0.717, 1.165) is 41.1 Å². The topological polar surface area (TPSA) is 32.3 Å². The number of amides is 1. The van der Waals surface area contributed by atoms with Crippen LogP contribution in [0.3, 0.4) is 0 Å². The van der Waals surface area contributed by atoms with Crippen LogP contribution in [0.15, 0.2) is 30.3 Å². The zero-order chi connectivity index (χ0) is 16.4. The van der Waals surface area contributed by atoms with Crippen LogP contribution in [0.4, 0.5) is 13.2 Å². The van der Waals surface area contributed by atoms with Crippen molar-refractivity contribution in [3.8, 4) is 0 Å². The number of carbonyl (C=O) groups is 1. The SMILES string of the molecule is O=C(N1CCCC1c1ccccc1C1=CCNCC1)C(F)(F)F. The molecule has 1 aromatic rings. The van der Waals surface area contributed by atoms with Crippen molar-refractivity contribution in [3.63, 3.8) is 0 Å². The Morgan fingerprint density at radius 2 is 2.04 bits per heavy atom. The first kappa shape index (κ1) is 16.1. The third-order valence-electron chi connectivity index (χ3n) is 4.49. The van der Waals surface area contributed by atoms with Gasteiger partial charge < -0.3 is 10.2 Å². The van der Waals surface area contributed by atoms with Crippen LogP contribution in [0, 0.1) is 0 Å². The van der Waals surface area contributed by atoms with Gasteiger partial charge in [-0.3, -0.25) is 4.79 Å². The van der Waals surface area contributed by atoms with Crippen molar-refractivity contribution in [1.29, 1.82) is 0 Å². The van der Waals surface area contributed by atoms with E-state index in [4.69, 9.17) is 0 Å². The number of halogens is 3. The highest BCUT2D eigenvalue weighted by molar-refractivity contribution is 5.83. The van der Waals surface area contributed by atoms with Gasteiger partial charge in [-0.25, -0.2) is 0 Å². The third-order valence-corrected chi connectivity index (χ3v) is 4.49. The van der Waals surface area contributed by atoms with Gasteiger partial charge in [0.1, 0.15) is 0 Å². The predicted octanol–water partition coefficient (Wildman–Crippen LogP) is 3.29. The molecule has 124 valence electrons. The second-order valence-corrected chi connectivity index (χ2v) is 5.93. The van der Waals surface area contributed by atoms with E-state index < -0.39 is 18.1 Å². The number of carbonyl (C=O) groups excluding carboxylic acids is 1. The lowest BCUT2D eigenvalue weighted by Gasteiger charge is -2.28. The van der Waals surface area contributed by atoms with Crippen molar-refractivity contribution in [2.75, 3.05) is 19.6 Å². The molecule has 1 unspecified atom stereocenters.